The lowest BCUT2D eigenvalue weighted by molar-refractivity contribution is 0.677. The van der Waals surface area contributed by atoms with Gasteiger partial charge in [-0.1, -0.05) is 29.0 Å². The first-order valence-electron chi connectivity index (χ1n) is 6.23. The largest absolute Gasteiger partial charge is 0.314 e. The topological polar surface area (TPSA) is 37.8 Å². The van der Waals surface area contributed by atoms with E-state index in [9.17, 15) is 0 Å². The fourth-order valence-corrected chi connectivity index (χ4v) is 3.12. The van der Waals surface area contributed by atoms with Gasteiger partial charge in [0.1, 0.15) is 10.0 Å². The summed E-state index contributed by atoms with van der Waals surface area (Å²) in [7, 11) is 0. The molecule has 1 N–H and O–H groups in total. The Labute approximate surface area is 134 Å². The molecular weight excluding hydrogens is 393 g/mol. The highest BCUT2D eigenvalue weighted by Gasteiger charge is 2.19. The highest BCUT2D eigenvalue weighted by atomic mass is 127. The Kier molecular flexibility index (Phi) is 4.36. The van der Waals surface area contributed by atoms with Crippen LogP contribution in [0, 0.1) is 3.57 Å². The van der Waals surface area contributed by atoms with Crippen LogP contribution in [0.5, 0.6) is 0 Å². The summed E-state index contributed by atoms with van der Waals surface area (Å²) in [6.07, 6.45) is 3.59. The van der Waals surface area contributed by atoms with E-state index < -0.39 is 0 Å². The van der Waals surface area contributed by atoms with Gasteiger partial charge in [0.2, 0.25) is 0 Å². The van der Waals surface area contributed by atoms with Gasteiger partial charge in [0, 0.05) is 28.1 Å². The van der Waals surface area contributed by atoms with Gasteiger partial charge in [-0.25, -0.2) is 0 Å². The number of rotatable bonds is 5. The maximum Gasteiger partial charge on any atom is 0.147 e. The van der Waals surface area contributed by atoms with E-state index >= 15 is 0 Å². The van der Waals surface area contributed by atoms with E-state index in [2.05, 4.69) is 38.1 Å². The summed E-state index contributed by atoms with van der Waals surface area (Å²) in [5.41, 5.74) is 1.05. The lowest BCUT2D eigenvalue weighted by Gasteiger charge is -1.99. The average Bonchev–Trinajstić information content (AvgIpc) is 3.10. The van der Waals surface area contributed by atoms with Crippen molar-refractivity contribution in [1.82, 2.24) is 15.5 Å². The molecule has 0 spiro atoms. The average molecular weight is 406 g/mol. The smallest absolute Gasteiger partial charge is 0.147 e. The molecule has 3 rings (SSSR count). The van der Waals surface area contributed by atoms with Gasteiger partial charge >= 0.3 is 0 Å². The zero-order chi connectivity index (χ0) is 13.2. The summed E-state index contributed by atoms with van der Waals surface area (Å²) in [5, 5.41) is 14.8. The normalized spacial score (nSPS) is 14.8. The van der Waals surface area contributed by atoms with Crippen molar-refractivity contribution in [3.05, 3.63) is 31.8 Å². The Bertz CT molecular complexity index is 583. The first-order valence-corrected chi connectivity index (χ1v) is 8.51. The van der Waals surface area contributed by atoms with E-state index in [1.54, 1.807) is 11.3 Å². The van der Waals surface area contributed by atoms with Crippen molar-refractivity contribution in [2.45, 2.75) is 25.3 Å². The molecule has 0 atom stereocenters. The molecule has 1 aromatic carbocycles. The Morgan fingerprint density at radius 1 is 1.37 bits per heavy atom. The predicted molar refractivity (Wildman–Crippen MR) is 87.8 cm³/mol. The van der Waals surface area contributed by atoms with Gasteiger partial charge in [-0.3, -0.25) is 0 Å². The van der Waals surface area contributed by atoms with Gasteiger partial charge in [0.15, 0.2) is 0 Å². The predicted octanol–water partition coefficient (Wildman–Crippen LogP) is 3.76. The molecule has 0 unspecified atom stereocenters. The van der Waals surface area contributed by atoms with Crippen LogP contribution in [-0.2, 0) is 6.42 Å². The molecule has 1 heterocycles. The number of hydrogen-bond acceptors (Lipinski definition) is 4. The van der Waals surface area contributed by atoms with Gasteiger partial charge in [-0.15, -0.1) is 10.2 Å². The fourth-order valence-electron chi connectivity index (χ4n) is 1.77. The lowest BCUT2D eigenvalue weighted by atomic mass is 10.2. The molecule has 6 heteroatoms. The van der Waals surface area contributed by atoms with Gasteiger partial charge in [-0.2, -0.15) is 0 Å². The standard InChI is InChI=1S/C13H13ClIN3S/c14-10-7-8(1-4-11(10)15)13-18-17-12(19-13)5-6-16-9-2-3-9/h1,4,7,9,16H,2-3,5-6H2. The van der Waals surface area contributed by atoms with Crippen LogP contribution in [0.15, 0.2) is 18.2 Å². The SMILES string of the molecule is Clc1cc(-c2nnc(CCNC3CC3)s2)ccc1I. The molecule has 100 valence electrons. The van der Waals surface area contributed by atoms with Crippen molar-refractivity contribution in [3.63, 3.8) is 0 Å². The molecule has 1 aliphatic carbocycles. The van der Waals surface area contributed by atoms with Crippen LogP contribution in [0.3, 0.4) is 0 Å². The molecule has 1 fully saturated rings. The minimum absolute atomic E-state index is 0.752. The summed E-state index contributed by atoms with van der Waals surface area (Å²) in [6, 6.07) is 6.76. The van der Waals surface area contributed by atoms with Gasteiger partial charge in [0.05, 0.1) is 5.02 Å². The number of nitrogens with zero attached hydrogens (tertiary/aromatic N) is 2. The maximum atomic E-state index is 6.13. The van der Waals surface area contributed by atoms with Crippen molar-refractivity contribution < 1.29 is 0 Å². The summed E-state index contributed by atoms with van der Waals surface area (Å²) in [4.78, 5) is 0. The van der Waals surface area contributed by atoms with Crippen LogP contribution >= 0.6 is 45.5 Å². The van der Waals surface area contributed by atoms with Crippen LogP contribution < -0.4 is 5.32 Å². The molecule has 3 nitrogen and oxygen atoms in total. The maximum absolute atomic E-state index is 6.13. The van der Waals surface area contributed by atoms with Crippen LogP contribution in [0.4, 0.5) is 0 Å². The second-order valence-electron chi connectivity index (χ2n) is 4.61. The van der Waals surface area contributed by atoms with Crippen LogP contribution in [-0.4, -0.2) is 22.8 Å². The molecule has 1 aliphatic rings. The minimum Gasteiger partial charge on any atom is -0.314 e. The molecular formula is C13H13ClIN3S. The summed E-state index contributed by atoms with van der Waals surface area (Å²) in [5.74, 6) is 0. The van der Waals surface area contributed by atoms with Crippen LogP contribution in [0.25, 0.3) is 10.6 Å². The molecule has 1 saturated carbocycles. The van der Waals surface area contributed by atoms with Crippen molar-refractivity contribution in [3.8, 4) is 10.6 Å². The fraction of sp³-hybridized carbons (Fsp3) is 0.385. The molecule has 0 aliphatic heterocycles. The second-order valence-corrected chi connectivity index (χ2v) is 7.24. The van der Waals surface area contributed by atoms with E-state index in [4.69, 9.17) is 11.6 Å². The van der Waals surface area contributed by atoms with E-state index in [-0.39, 0.29) is 0 Å². The van der Waals surface area contributed by atoms with E-state index in [0.717, 1.165) is 43.2 Å². The Morgan fingerprint density at radius 3 is 2.95 bits per heavy atom. The van der Waals surface area contributed by atoms with Crippen molar-refractivity contribution in [2.75, 3.05) is 6.54 Å². The molecule has 0 bridgehead atoms. The van der Waals surface area contributed by atoms with Crippen molar-refractivity contribution in [2.24, 2.45) is 0 Å². The molecule has 0 saturated heterocycles. The van der Waals surface area contributed by atoms with Gasteiger partial charge in [-0.05, 0) is 47.6 Å². The number of aromatic nitrogens is 2. The summed E-state index contributed by atoms with van der Waals surface area (Å²) < 4.78 is 1.06. The Hall–Kier alpha value is -0.240. The van der Waals surface area contributed by atoms with Crippen molar-refractivity contribution in [1.29, 1.82) is 0 Å². The van der Waals surface area contributed by atoms with Gasteiger partial charge in [0.25, 0.3) is 0 Å². The third-order valence-corrected chi connectivity index (χ3v) is 5.59. The Morgan fingerprint density at radius 2 is 2.21 bits per heavy atom. The van der Waals surface area contributed by atoms with E-state index in [1.165, 1.54) is 12.8 Å². The lowest BCUT2D eigenvalue weighted by Crippen LogP contribution is -2.19. The Balaban J connectivity index is 1.67. The zero-order valence-corrected chi connectivity index (χ0v) is 13.9. The first kappa shape index (κ1) is 13.7. The second kappa shape index (κ2) is 6.03. The number of halogens is 2. The monoisotopic (exact) mass is 405 g/mol. The highest BCUT2D eigenvalue weighted by Crippen LogP contribution is 2.28. The molecule has 1 aromatic heterocycles. The molecule has 2 aromatic rings. The summed E-state index contributed by atoms with van der Waals surface area (Å²) in [6.45, 7) is 0.993. The third kappa shape index (κ3) is 3.65. The van der Waals surface area contributed by atoms with Crippen LogP contribution in [0.2, 0.25) is 5.02 Å². The molecule has 19 heavy (non-hydrogen) atoms. The van der Waals surface area contributed by atoms with Crippen molar-refractivity contribution >= 4 is 45.5 Å². The number of nitrogens with one attached hydrogen (secondary N) is 1. The third-order valence-electron chi connectivity index (χ3n) is 2.98. The first-order chi connectivity index (χ1) is 9.22. The van der Waals surface area contributed by atoms with Gasteiger partial charge < -0.3 is 5.32 Å². The number of hydrogen-bond donors (Lipinski definition) is 1. The minimum atomic E-state index is 0.752. The van der Waals surface area contributed by atoms with E-state index in [0.29, 0.717) is 0 Å². The van der Waals surface area contributed by atoms with Crippen LogP contribution in [0.1, 0.15) is 17.8 Å². The van der Waals surface area contributed by atoms with E-state index in [1.807, 2.05) is 18.2 Å². The number of benzene rings is 1. The highest BCUT2D eigenvalue weighted by molar-refractivity contribution is 14.1. The quantitative estimate of drug-likeness (QED) is 0.770. The zero-order valence-electron chi connectivity index (χ0n) is 10.2. The molecule has 0 radical (unpaired) electrons. The summed E-state index contributed by atoms with van der Waals surface area (Å²) >= 11 is 10.0. The molecule has 0 amide bonds.